The summed E-state index contributed by atoms with van der Waals surface area (Å²) in [6, 6.07) is 0. The number of hydrogen-bond acceptors (Lipinski definition) is 2. The van der Waals surface area contributed by atoms with Gasteiger partial charge in [-0.3, -0.25) is 0 Å². The Labute approximate surface area is 128 Å². The average molecular weight is 330 g/mol. The van der Waals surface area contributed by atoms with Crippen molar-refractivity contribution in [3.05, 3.63) is 0 Å². The molecule has 19 heavy (non-hydrogen) atoms. The fourth-order valence-corrected chi connectivity index (χ4v) is 0. The third kappa shape index (κ3) is 336. The molecule has 0 fully saturated rings. The molecule has 0 atom stereocenters. The number of alkyl halides is 6. The quantitative estimate of drug-likeness (QED) is 0.347. The van der Waals surface area contributed by atoms with Crippen LogP contribution in [0.4, 0.5) is 26.3 Å². The van der Waals surface area contributed by atoms with Crippen LogP contribution >= 0.6 is 24.4 Å². The first kappa shape index (κ1) is 31.1. The van der Waals surface area contributed by atoms with E-state index in [9.17, 15) is 26.3 Å². The number of halogens is 6. The van der Waals surface area contributed by atoms with E-state index in [0.29, 0.717) is 0 Å². The molecular weight excluding hydrogens is 317 g/mol. The molecule has 6 N–H and O–H groups in total. The van der Waals surface area contributed by atoms with Crippen molar-refractivity contribution >= 4 is 53.6 Å². The summed E-state index contributed by atoms with van der Waals surface area (Å²) in [6.45, 7) is -3.06. The van der Waals surface area contributed by atoms with Crippen molar-refractivity contribution in [1.29, 1.82) is 0 Å². The van der Waals surface area contributed by atoms with Crippen LogP contribution in [0.1, 0.15) is 0 Å². The van der Waals surface area contributed by atoms with E-state index in [-0.39, 0.29) is 18.9 Å². The van der Waals surface area contributed by atoms with Gasteiger partial charge in [-0.15, -0.1) is 0 Å². The summed E-state index contributed by atoms with van der Waals surface area (Å²) in [6.07, 6.45) is -5.56. The normalized spacial score (nSPS) is 7.58. The second-order valence-corrected chi connectivity index (χ2v) is 2.60. The maximum atomic E-state index is 10.4. The molecule has 4 nitrogen and oxygen atoms in total. The standard InChI is InChI=1S/2C2H3F3.2CH3NOS.Li.H/c2*3-1-2(4)5;2*2-1(3)4;;/h2*2H,1H2;2*(H3,2,3,4);;. The van der Waals surface area contributed by atoms with Crippen LogP contribution in [-0.2, 0) is 0 Å². The Balaban J connectivity index is -0.0000000453. The Bertz CT molecular complexity index is 177. The molecule has 0 radical (unpaired) electrons. The SMILES string of the molecule is FCC(F)F.FCC(F)F.NC(O)=S.NC(O)=S.[LiH]. The molecule has 0 aromatic heterocycles. The van der Waals surface area contributed by atoms with Gasteiger partial charge < -0.3 is 21.7 Å². The summed E-state index contributed by atoms with van der Waals surface area (Å²) in [4.78, 5) is 0. The van der Waals surface area contributed by atoms with E-state index in [1.807, 2.05) is 0 Å². The molecule has 0 saturated carbocycles. The van der Waals surface area contributed by atoms with E-state index in [4.69, 9.17) is 10.2 Å². The van der Waals surface area contributed by atoms with Crippen LogP contribution in [0.15, 0.2) is 0 Å². The Kier molecular flexibility index (Phi) is 42.9. The van der Waals surface area contributed by atoms with Gasteiger partial charge in [0.05, 0.1) is 0 Å². The first-order chi connectivity index (χ1) is 8.00. The number of rotatable bonds is 2. The maximum absolute atomic E-state index is 10.4. The van der Waals surface area contributed by atoms with E-state index in [1.54, 1.807) is 0 Å². The van der Waals surface area contributed by atoms with Gasteiger partial charge in [-0.05, 0) is 24.4 Å². The van der Waals surface area contributed by atoms with Crippen molar-refractivity contribution in [3.8, 4) is 0 Å². The molecule has 0 aliphatic heterocycles. The summed E-state index contributed by atoms with van der Waals surface area (Å²) in [5, 5.41) is 14.1. The van der Waals surface area contributed by atoms with Gasteiger partial charge in [0.25, 0.3) is 23.2 Å². The molecule has 0 rings (SSSR count). The first-order valence-electron chi connectivity index (χ1n) is 3.66. The van der Waals surface area contributed by atoms with Gasteiger partial charge in [0.15, 0.2) is 13.3 Å². The van der Waals surface area contributed by atoms with Crippen LogP contribution in [0, 0.1) is 0 Å². The van der Waals surface area contributed by atoms with Crippen molar-refractivity contribution in [1.82, 2.24) is 0 Å². The number of aliphatic hydroxyl groups excluding tert-OH is 2. The van der Waals surface area contributed by atoms with Gasteiger partial charge in [0, 0.05) is 0 Å². The van der Waals surface area contributed by atoms with Crippen LogP contribution in [-0.4, -0.2) is 65.6 Å². The summed E-state index contributed by atoms with van der Waals surface area (Å²) >= 11 is 7.74. The fourth-order valence-electron chi connectivity index (χ4n) is 0. The number of nitrogens with two attached hydrogens (primary N) is 2. The van der Waals surface area contributed by atoms with Gasteiger partial charge in [-0.2, -0.15) is 0 Å². The second-order valence-electron chi connectivity index (χ2n) is 1.77. The third-order valence-electron chi connectivity index (χ3n) is 0.233. The Morgan fingerprint density at radius 1 is 0.842 bits per heavy atom. The molecule has 0 amide bonds. The topological polar surface area (TPSA) is 92.5 Å². The van der Waals surface area contributed by atoms with E-state index >= 15 is 0 Å². The molecular formula is C6H13F6LiN2O2S2. The van der Waals surface area contributed by atoms with Gasteiger partial charge in [0.1, 0.15) is 0 Å². The van der Waals surface area contributed by atoms with E-state index in [0.717, 1.165) is 0 Å². The van der Waals surface area contributed by atoms with Gasteiger partial charge >= 0.3 is 18.9 Å². The Hall–Kier alpha value is -0.443. The molecule has 0 heterocycles. The molecule has 0 aromatic rings. The van der Waals surface area contributed by atoms with Gasteiger partial charge in [-0.1, -0.05) is 0 Å². The molecule has 13 heteroatoms. The van der Waals surface area contributed by atoms with Crippen LogP contribution < -0.4 is 11.5 Å². The monoisotopic (exact) mass is 330 g/mol. The number of thiocarbonyl (C=S) groups is 2. The van der Waals surface area contributed by atoms with E-state index in [2.05, 4.69) is 35.9 Å². The van der Waals surface area contributed by atoms with Crippen molar-refractivity contribution < 1.29 is 36.6 Å². The predicted molar refractivity (Wildman–Crippen MR) is 69.9 cm³/mol. The fraction of sp³-hybridized carbons (Fsp3) is 0.667. The Morgan fingerprint density at radius 2 is 0.895 bits per heavy atom. The molecule has 0 aliphatic carbocycles. The molecule has 0 aromatic carbocycles. The molecule has 114 valence electrons. The van der Waals surface area contributed by atoms with E-state index in [1.165, 1.54) is 0 Å². The van der Waals surface area contributed by atoms with Gasteiger partial charge in [0.2, 0.25) is 0 Å². The van der Waals surface area contributed by atoms with Crippen LogP contribution in [0.5, 0.6) is 0 Å². The molecule has 0 spiro atoms. The Morgan fingerprint density at radius 3 is 0.895 bits per heavy atom. The molecule has 0 bridgehead atoms. The average Bonchev–Trinajstić information content (AvgIpc) is 2.16. The van der Waals surface area contributed by atoms with Gasteiger partial charge in [-0.25, -0.2) is 26.3 Å². The van der Waals surface area contributed by atoms with Crippen LogP contribution in [0.3, 0.4) is 0 Å². The predicted octanol–water partition coefficient (Wildman–Crippen LogP) is 1.37. The van der Waals surface area contributed by atoms with Crippen LogP contribution in [0.25, 0.3) is 0 Å². The molecule has 0 aliphatic rings. The minimum atomic E-state index is -2.78. The summed E-state index contributed by atoms with van der Waals surface area (Å²) in [7, 11) is 0. The van der Waals surface area contributed by atoms with Crippen molar-refractivity contribution in [2.45, 2.75) is 12.9 Å². The summed E-state index contributed by atoms with van der Waals surface area (Å²) in [5.74, 6) is 0. The third-order valence-corrected chi connectivity index (χ3v) is 0.233. The zero-order valence-corrected chi connectivity index (χ0v) is 10.3. The van der Waals surface area contributed by atoms with Crippen LogP contribution in [0.2, 0.25) is 0 Å². The number of hydrogen-bond donors (Lipinski definition) is 4. The van der Waals surface area contributed by atoms with Crippen molar-refractivity contribution in [3.63, 3.8) is 0 Å². The summed E-state index contributed by atoms with van der Waals surface area (Å²) in [5.41, 5.74) is 8.80. The zero-order valence-electron chi connectivity index (χ0n) is 8.70. The van der Waals surface area contributed by atoms with E-state index < -0.39 is 36.5 Å². The second kappa shape index (κ2) is 26.2. The zero-order chi connectivity index (χ0) is 15.7. The molecule has 0 unspecified atom stereocenters. The van der Waals surface area contributed by atoms with Crippen molar-refractivity contribution in [2.75, 3.05) is 13.3 Å². The van der Waals surface area contributed by atoms with Crippen molar-refractivity contribution in [2.24, 2.45) is 11.5 Å². The number of aliphatic hydroxyl groups is 2. The summed E-state index contributed by atoms with van der Waals surface area (Å²) < 4.78 is 62.3. The first-order valence-corrected chi connectivity index (χ1v) is 4.47. The minimum absolute atomic E-state index is 0. The molecule has 0 saturated heterocycles.